The summed E-state index contributed by atoms with van der Waals surface area (Å²) in [5, 5.41) is 10.1. The first-order valence-corrected chi connectivity index (χ1v) is 7.40. The second-order valence-corrected chi connectivity index (χ2v) is 5.75. The number of carbonyl (C=O) groups excluding carboxylic acids is 1. The van der Waals surface area contributed by atoms with Crippen LogP contribution in [0.25, 0.3) is 0 Å². The zero-order valence-electron chi connectivity index (χ0n) is 13.3. The molecule has 22 heavy (non-hydrogen) atoms. The quantitative estimate of drug-likeness (QED) is 0.808. The van der Waals surface area contributed by atoms with Crippen LogP contribution < -0.4 is 5.32 Å². The molecule has 118 valence electrons. The van der Waals surface area contributed by atoms with E-state index < -0.39 is 0 Å². The van der Waals surface area contributed by atoms with E-state index in [2.05, 4.69) is 20.5 Å². The second-order valence-electron chi connectivity index (χ2n) is 5.75. The first-order chi connectivity index (χ1) is 10.5. The number of amides is 1. The predicted molar refractivity (Wildman–Crippen MR) is 85.2 cm³/mol. The van der Waals surface area contributed by atoms with Crippen LogP contribution in [-0.2, 0) is 17.8 Å². The van der Waals surface area contributed by atoms with E-state index in [1.54, 1.807) is 6.20 Å². The summed E-state index contributed by atoms with van der Waals surface area (Å²) in [6.45, 7) is 5.02. The van der Waals surface area contributed by atoms with E-state index in [9.17, 15) is 4.79 Å². The summed E-state index contributed by atoms with van der Waals surface area (Å²) in [4.78, 5) is 18.1. The van der Waals surface area contributed by atoms with E-state index >= 15 is 0 Å². The summed E-state index contributed by atoms with van der Waals surface area (Å²) in [7, 11) is 1.92. The van der Waals surface area contributed by atoms with Crippen molar-refractivity contribution in [2.45, 2.75) is 32.9 Å². The van der Waals surface area contributed by atoms with Crippen molar-refractivity contribution in [2.24, 2.45) is 0 Å². The molecule has 0 aliphatic rings. The number of pyridine rings is 1. The molecule has 2 N–H and O–H groups in total. The maximum Gasteiger partial charge on any atom is 0.234 e. The molecule has 0 spiro atoms. The third-order valence-corrected chi connectivity index (χ3v) is 3.27. The number of hydrogen-bond donors (Lipinski definition) is 2. The summed E-state index contributed by atoms with van der Waals surface area (Å²) < 4.78 is 0. The number of H-pyrrole nitrogens is 1. The van der Waals surface area contributed by atoms with Gasteiger partial charge < -0.3 is 5.32 Å². The van der Waals surface area contributed by atoms with Crippen molar-refractivity contribution in [1.29, 1.82) is 0 Å². The summed E-state index contributed by atoms with van der Waals surface area (Å²) in [5.41, 5.74) is 3.09. The number of nitrogens with one attached hydrogen (secondary N) is 2. The highest BCUT2D eigenvalue weighted by Gasteiger charge is 2.12. The zero-order chi connectivity index (χ0) is 15.9. The molecule has 0 saturated heterocycles. The topological polar surface area (TPSA) is 73.9 Å². The molecule has 0 aliphatic carbocycles. The number of aromatic amines is 1. The molecular weight excluding hydrogens is 278 g/mol. The fourth-order valence-corrected chi connectivity index (χ4v) is 2.37. The smallest absolute Gasteiger partial charge is 0.234 e. The van der Waals surface area contributed by atoms with E-state index in [-0.39, 0.29) is 11.9 Å². The molecule has 2 aromatic rings. The van der Waals surface area contributed by atoms with Crippen LogP contribution in [-0.4, -0.2) is 45.6 Å². The molecule has 6 heteroatoms. The Morgan fingerprint density at radius 3 is 2.95 bits per heavy atom. The number of nitrogens with zero attached hydrogens (tertiary/aromatic N) is 3. The van der Waals surface area contributed by atoms with Gasteiger partial charge in [0.25, 0.3) is 0 Å². The van der Waals surface area contributed by atoms with Crippen LogP contribution in [0, 0.1) is 6.92 Å². The maximum atomic E-state index is 12.1. The maximum absolute atomic E-state index is 12.1. The van der Waals surface area contributed by atoms with Crippen molar-refractivity contribution in [1.82, 2.24) is 25.4 Å². The van der Waals surface area contributed by atoms with E-state index in [0.29, 0.717) is 13.1 Å². The lowest BCUT2D eigenvalue weighted by Crippen LogP contribution is -2.40. The Balaban J connectivity index is 1.74. The lowest BCUT2D eigenvalue weighted by atomic mass is 10.2. The van der Waals surface area contributed by atoms with Gasteiger partial charge in [0.2, 0.25) is 5.91 Å². The Hall–Kier alpha value is -2.21. The molecule has 1 amide bonds. The van der Waals surface area contributed by atoms with E-state index in [0.717, 1.165) is 23.4 Å². The van der Waals surface area contributed by atoms with Gasteiger partial charge >= 0.3 is 0 Å². The third-order valence-electron chi connectivity index (χ3n) is 3.27. The van der Waals surface area contributed by atoms with Gasteiger partial charge in [0.15, 0.2) is 0 Å². The van der Waals surface area contributed by atoms with Gasteiger partial charge in [-0.25, -0.2) is 0 Å². The van der Waals surface area contributed by atoms with E-state index in [1.165, 1.54) is 0 Å². The normalized spacial score (nSPS) is 12.4. The summed E-state index contributed by atoms with van der Waals surface area (Å²) in [6, 6.07) is 5.96. The Morgan fingerprint density at radius 1 is 1.50 bits per heavy atom. The standard InChI is InChI=1S/C16H23N5O/c1-12(7-15-8-13(2)19-20-15)18-16(22)11-21(3)10-14-5-4-6-17-9-14/h4-6,8-9,12H,7,10-11H2,1-3H3,(H,18,22)(H,19,20). The minimum atomic E-state index is 0.0196. The number of rotatable bonds is 7. The van der Waals surface area contributed by atoms with Gasteiger partial charge in [-0.15, -0.1) is 0 Å². The second kappa shape index (κ2) is 7.70. The van der Waals surface area contributed by atoms with E-state index in [1.807, 2.05) is 50.2 Å². The highest BCUT2D eigenvalue weighted by Crippen LogP contribution is 2.03. The van der Waals surface area contributed by atoms with Crippen LogP contribution >= 0.6 is 0 Å². The van der Waals surface area contributed by atoms with Crippen LogP contribution in [0.1, 0.15) is 23.9 Å². The average Bonchev–Trinajstić information content (AvgIpc) is 2.84. The Kier molecular flexibility index (Phi) is 5.66. The summed E-state index contributed by atoms with van der Waals surface area (Å²) in [6.07, 6.45) is 4.29. The van der Waals surface area contributed by atoms with Gasteiger partial charge in [0.05, 0.1) is 12.2 Å². The first-order valence-electron chi connectivity index (χ1n) is 7.40. The van der Waals surface area contributed by atoms with Crippen LogP contribution in [0.2, 0.25) is 0 Å². The van der Waals surface area contributed by atoms with Crippen LogP contribution in [0.4, 0.5) is 0 Å². The molecular formula is C16H23N5O. The van der Waals surface area contributed by atoms with Gasteiger partial charge in [0, 0.05) is 37.1 Å². The highest BCUT2D eigenvalue weighted by molar-refractivity contribution is 5.78. The van der Waals surface area contributed by atoms with Gasteiger partial charge in [-0.1, -0.05) is 6.07 Å². The number of likely N-dealkylation sites (N-methyl/N-ethyl adjacent to an activating group) is 1. The lowest BCUT2D eigenvalue weighted by Gasteiger charge is -2.18. The van der Waals surface area contributed by atoms with Gasteiger partial charge in [-0.2, -0.15) is 5.10 Å². The molecule has 0 aromatic carbocycles. The molecule has 0 radical (unpaired) electrons. The molecule has 2 rings (SSSR count). The van der Waals surface area contributed by atoms with Crippen LogP contribution in [0.5, 0.6) is 0 Å². The van der Waals surface area contributed by atoms with Crippen molar-refractivity contribution >= 4 is 5.91 Å². The van der Waals surface area contributed by atoms with Gasteiger partial charge in [0.1, 0.15) is 0 Å². The van der Waals surface area contributed by atoms with Crippen LogP contribution in [0.3, 0.4) is 0 Å². The summed E-state index contributed by atoms with van der Waals surface area (Å²) in [5.74, 6) is 0.0196. The minimum Gasteiger partial charge on any atom is -0.352 e. The molecule has 2 heterocycles. The predicted octanol–water partition coefficient (Wildman–Crippen LogP) is 1.29. The molecule has 0 bridgehead atoms. The molecule has 1 unspecified atom stereocenters. The first kappa shape index (κ1) is 16.2. The molecule has 1 atom stereocenters. The van der Waals surface area contributed by atoms with Gasteiger partial charge in [-0.3, -0.25) is 19.8 Å². The summed E-state index contributed by atoms with van der Waals surface area (Å²) >= 11 is 0. The largest absolute Gasteiger partial charge is 0.352 e. The number of aryl methyl sites for hydroxylation is 1. The number of aromatic nitrogens is 3. The molecule has 0 aliphatic heterocycles. The van der Waals surface area contributed by atoms with E-state index in [4.69, 9.17) is 0 Å². The number of hydrogen-bond acceptors (Lipinski definition) is 4. The van der Waals surface area contributed by atoms with Crippen molar-refractivity contribution in [3.63, 3.8) is 0 Å². The van der Waals surface area contributed by atoms with Crippen molar-refractivity contribution < 1.29 is 4.79 Å². The fraction of sp³-hybridized carbons (Fsp3) is 0.438. The number of carbonyl (C=O) groups is 1. The molecule has 2 aromatic heterocycles. The fourth-order valence-electron chi connectivity index (χ4n) is 2.37. The Morgan fingerprint density at radius 2 is 2.32 bits per heavy atom. The third kappa shape index (κ3) is 5.29. The highest BCUT2D eigenvalue weighted by atomic mass is 16.2. The van der Waals surface area contributed by atoms with Crippen molar-refractivity contribution in [2.75, 3.05) is 13.6 Å². The Bertz CT molecular complexity index is 596. The monoisotopic (exact) mass is 301 g/mol. The zero-order valence-corrected chi connectivity index (χ0v) is 13.3. The van der Waals surface area contributed by atoms with Crippen molar-refractivity contribution in [3.05, 3.63) is 47.5 Å². The average molecular weight is 301 g/mol. The molecule has 0 fully saturated rings. The van der Waals surface area contributed by atoms with Crippen molar-refractivity contribution in [3.8, 4) is 0 Å². The Labute approximate surface area is 130 Å². The molecule has 0 saturated carbocycles. The SMILES string of the molecule is Cc1cc(CC(C)NC(=O)CN(C)Cc2cccnc2)n[nH]1. The molecule has 6 nitrogen and oxygen atoms in total. The minimum absolute atomic E-state index is 0.0196. The van der Waals surface area contributed by atoms with Crippen LogP contribution in [0.15, 0.2) is 30.6 Å². The van der Waals surface area contributed by atoms with Gasteiger partial charge in [-0.05, 0) is 38.6 Å². The lowest BCUT2D eigenvalue weighted by molar-refractivity contribution is -0.122.